The van der Waals surface area contributed by atoms with E-state index in [1.807, 2.05) is 6.07 Å². The van der Waals surface area contributed by atoms with E-state index in [0.29, 0.717) is 24.1 Å². The molecule has 0 radical (unpaired) electrons. The average Bonchev–Trinajstić information content (AvgIpc) is 2.53. The van der Waals surface area contributed by atoms with Gasteiger partial charge >= 0.3 is 0 Å². The molecular weight excluding hydrogens is 267 g/mol. The number of hydrogen-bond acceptors (Lipinski definition) is 3. The van der Waals surface area contributed by atoms with Gasteiger partial charge in [0.15, 0.2) is 11.6 Å². The van der Waals surface area contributed by atoms with Crippen molar-refractivity contribution in [2.75, 3.05) is 19.7 Å². The summed E-state index contributed by atoms with van der Waals surface area (Å²) in [6, 6.07) is 6.95. The molecule has 0 N–H and O–H groups in total. The molecule has 1 aromatic rings. The molecule has 4 heteroatoms. The number of nitriles is 1. The van der Waals surface area contributed by atoms with Crippen molar-refractivity contribution >= 4 is 0 Å². The zero-order chi connectivity index (χ0) is 14.7. The number of rotatable bonds is 3. The van der Waals surface area contributed by atoms with Crippen LogP contribution in [0.4, 0.5) is 4.39 Å². The predicted octanol–water partition coefficient (Wildman–Crippen LogP) is 3.34. The summed E-state index contributed by atoms with van der Waals surface area (Å²) in [5.74, 6) is 0.321. The zero-order valence-corrected chi connectivity index (χ0v) is 12.2. The summed E-state index contributed by atoms with van der Waals surface area (Å²) in [4.78, 5) is 2.58. The van der Waals surface area contributed by atoms with Gasteiger partial charge in [0.05, 0.1) is 18.2 Å². The van der Waals surface area contributed by atoms with E-state index >= 15 is 0 Å². The Morgan fingerprint density at radius 2 is 2.10 bits per heavy atom. The van der Waals surface area contributed by atoms with E-state index in [0.717, 1.165) is 0 Å². The fourth-order valence-electron chi connectivity index (χ4n) is 3.66. The van der Waals surface area contributed by atoms with Crippen molar-refractivity contribution in [3.63, 3.8) is 0 Å². The molecule has 2 aliphatic heterocycles. The van der Waals surface area contributed by atoms with Gasteiger partial charge in [-0.3, -0.25) is 4.90 Å². The maximum absolute atomic E-state index is 13.8. The highest BCUT2D eigenvalue weighted by Crippen LogP contribution is 2.31. The zero-order valence-electron chi connectivity index (χ0n) is 12.2. The molecule has 2 atom stereocenters. The van der Waals surface area contributed by atoms with Crippen LogP contribution in [0.25, 0.3) is 0 Å². The van der Waals surface area contributed by atoms with Gasteiger partial charge in [-0.15, -0.1) is 0 Å². The predicted molar refractivity (Wildman–Crippen MR) is 78.5 cm³/mol. The monoisotopic (exact) mass is 288 g/mol. The Morgan fingerprint density at radius 1 is 1.24 bits per heavy atom. The van der Waals surface area contributed by atoms with Crippen molar-refractivity contribution < 1.29 is 9.13 Å². The highest BCUT2D eigenvalue weighted by molar-refractivity contribution is 5.35. The normalized spacial score (nSPS) is 25.9. The molecule has 0 spiro atoms. The summed E-state index contributed by atoms with van der Waals surface area (Å²) in [7, 11) is 0. The standard InChI is InChI=1S/C17H21FN2O/c18-15-10-13(11-19)6-7-17(15)21-12-14-4-3-9-20-8-2-1-5-16(14)20/h6-7,10,14,16H,1-5,8-9,12H2/t14-,16+/m0/s1. The first-order valence-electron chi connectivity index (χ1n) is 7.84. The third-order valence-electron chi connectivity index (χ3n) is 4.74. The molecule has 1 aromatic carbocycles. The Balaban J connectivity index is 1.63. The van der Waals surface area contributed by atoms with Gasteiger partial charge in [-0.2, -0.15) is 5.26 Å². The third-order valence-corrected chi connectivity index (χ3v) is 4.74. The SMILES string of the molecule is N#Cc1ccc(OC[C@@H]2CCCN3CCCC[C@H]23)c(F)c1. The average molecular weight is 288 g/mol. The highest BCUT2D eigenvalue weighted by Gasteiger charge is 2.33. The van der Waals surface area contributed by atoms with Gasteiger partial charge in [0.2, 0.25) is 0 Å². The van der Waals surface area contributed by atoms with Crippen LogP contribution in [0, 0.1) is 23.1 Å². The number of ether oxygens (including phenoxy) is 1. The fraction of sp³-hybridized carbons (Fsp3) is 0.588. The van der Waals surface area contributed by atoms with E-state index in [1.165, 1.54) is 51.3 Å². The number of fused-ring (bicyclic) bond motifs is 1. The van der Waals surface area contributed by atoms with Crippen molar-refractivity contribution in [2.45, 2.75) is 38.1 Å². The molecule has 2 heterocycles. The van der Waals surface area contributed by atoms with Crippen LogP contribution >= 0.6 is 0 Å². The lowest BCUT2D eigenvalue weighted by Crippen LogP contribution is -2.49. The van der Waals surface area contributed by atoms with Crippen molar-refractivity contribution in [1.29, 1.82) is 5.26 Å². The second kappa shape index (κ2) is 6.44. The molecule has 21 heavy (non-hydrogen) atoms. The Kier molecular flexibility index (Phi) is 4.40. The summed E-state index contributed by atoms with van der Waals surface area (Å²) in [6.07, 6.45) is 6.21. The summed E-state index contributed by atoms with van der Waals surface area (Å²) in [5, 5.41) is 8.75. The van der Waals surface area contributed by atoms with Crippen LogP contribution in [-0.4, -0.2) is 30.6 Å². The third kappa shape index (κ3) is 3.19. The van der Waals surface area contributed by atoms with Crippen LogP contribution in [0.3, 0.4) is 0 Å². The number of piperidine rings is 2. The van der Waals surface area contributed by atoms with Crippen LogP contribution in [0.2, 0.25) is 0 Å². The van der Waals surface area contributed by atoms with Crippen molar-refractivity contribution in [1.82, 2.24) is 4.90 Å². The largest absolute Gasteiger partial charge is 0.490 e. The van der Waals surface area contributed by atoms with Gasteiger partial charge in [-0.1, -0.05) is 6.42 Å². The molecule has 3 rings (SSSR count). The van der Waals surface area contributed by atoms with Crippen LogP contribution in [0.15, 0.2) is 18.2 Å². The number of hydrogen-bond donors (Lipinski definition) is 0. The quantitative estimate of drug-likeness (QED) is 0.856. The molecule has 2 saturated heterocycles. The Labute approximate surface area is 125 Å². The van der Waals surface area contributed by atoms with E-state index in [4.69, 9.17) is 10.00 Å². The number of halogens is 1. The second-order valence-corrected chi connectivity index (χ2v) is 6.07. The second-order valence-electron chi connectivity index (χ2n) is 6.07. The highest BCUT2D eigenvalue weighted by atomic mass is 19.1. The van der Waals surface area contributed by atoms with Crippen molar-refractivity contribution in [2.24, 2.45) is 5.92 Å². The first kappa shape index (κ1) is 14.3. The van der Waals surface area contributed by atoms with E-state index in [-0.39, 0.29) is 5.75 Å². The van der Waals surface area contributed by atoms with Crippen molar-refractivity contribution in [3.8, 4) is 11.8 Å². The van der Waals surface area contributed by atoms with Gasteiger partial charge in [0, 0.05) is 12.0 Å². The van der Waals surface area contributed by atoms with Crippen LogP contribution in [0.5, 0.6) is 5.75 Å². The minimum Gasteiger partial charge on any atom is -0.490 e. The minimum atomic E-state index is -0.439. The Hall–Kier alpha value is -1.60. The van der Waals surface area contributed by atoms with Gasteiger partial charge in [0.1, 0.15) is 0 Å². The van der Waals surface area contributed by atoms with Gasteiger partial charge in [-0.25, -0.2) is 4.39 Å². The van der Waals surface area contributed by atoms with E-state index < -0.39 is 5.82 Å². The lowest BCUT2D eigenvalue weighted by Gasteiger charge is -2.44. The molecule has 0 aliphatic carbocycles. The molecule has 2 aliphatic rings. The van der Waals surface area contributed by atoms with E-state index in [2.05, 4.69) is 4.90 Å². The summed E-state index contributed by atoms with van der Waals surface area (Å²) in [6.45, 7) is 2.97. The molecule has 0 amide bonds. The molecule has 2 fully saturated rings. The van der Waals surface area contributed by atoms with Crippen LogP contribution in [0.1, 0.15) is 37.7 Å². The molecular formula is C17H21FN2O. The smallest absolute Gasteiger partial charge is 0.166 e. The molecule has 0 aromatic heterocycles. The maximum Gasteiger partial charge on any atom is 0.166 e. The number of nitrogens with zero attached hydrogens (tertiary/aromatic N) is 2. The van der Waals surface area contributed by atoms with E-state index in [9.17, 15) is 4.39 Å². The van der Waals surface area contributed by atoms with Gasteiger partial charge in [-0.05, 0) is 57.0 Å². The minimum absolute atomic E-state index is 0.266. The van der Waals surface area contributed by atoms with Crippen molar-refractivity contribution in [3.05, 3.63) is 29.6 Å². The lowest BCUT2D eigenvalue weighted by molar-refractivity contribution is 0.0358. The summed E-state index contributed by atoms with van der Waals surface area (Å²) < 4.78 is 19.6. The van der Waals surface area contributed by atoms with Gasteiger partial charge in [0.25, 0.3) is 0 Å². The first-order chi connectivity index (χ1) is 10.3. The van der Waals surface area contributed by atoms with E-state index in [1.54, 1.807) is 12.1 Å². The lowest BCUT2D eigenvalue weighted by atomic mass is 9.84. The molecule has 3 nitrogen and oxygen atoms in total. The molecule has 0 saturated carbocycles. The first-order valence-corrected chi connectivity index (χ1v) is 7.84. The molecule has 0 unspecified atom stereocenters. The van der Waals surface area contributed by atoms with Crippen LogP contribution < -0.4 is 4.74 Å². The topological polar surface area (TPSA) is 36.3 Å². The van der Waals surface area contributed by atoms with Crippen LogP contribution in [-0.2, 0) is 0 Å². The number of benzene rings is 1. The Bertz CT molecular complexity index is 538. The summed E-state index contributed by atoms with van der Waals surface area (Å²) >= 11 is 0. The maximum atomic E-state index is 13.8. The molecule has 0 bridgehead atoms. The van der Waals surface area contributed by atoms with Gasteiger partial charge < -0.3 is 4.74 Å². The fourth-order valence-corrected chi connectivity index (χ4v) is 3.66. The summed E-state index contributed by atoms with van der Waals surface area (Å²) in [5.41, 5.74) is 0.330. The molecule has 112 valence electrons. The Morgan fingerprint density at radius 3 is 2.90 bits per heavy atom.